The van der Waals surface area contributed by atoms with Gasteiger partial charge in [0.05, 0.1) is 28.0 Å². The highest BCUT2D eigenvalue weighted by molar-refractivity contribution is 7.00. The number of aromatic nitrogens is 2. The number of benzene rings is 3. The molecular formula is C21H15ClN4O3S. The number of nitrogens with one attached hydrogen (secondary N) is 2. The van der Waals surface area contributed by atoms with Crippen molar-refractivity contribution in [1.29, 1.82) is 0 Å². The minimum atomic E-state index is -0.313. The molecule has 0 atom stereocenters. The lowest BCUT2D eigenvalue weighted by atomic mass is 10.2. The highest BCUT2D eigenvalue weighted by atomic mass is 35.5. The van der Waals surface area contributed by atoms with E-state index in [0.29, 0.717) is 33.2 Å². The molecular weight excluding hydrogens is 424 g/mol. The molecule has 9 heteroatoms. The molecule has 30 heavy (non-hydrogen) atoms. The predicted molar refractivity (Wildman–Crippen MR) is 117 cm³/mol. The van der Waals surface area contributed by atoms with Gasteiger partial charge in [-0.2, -0.15) is 8.75 Å². The minimum absolute atomic E-state index is 0.167. The molecule has 4 rings (SSSR count). The molecule has 0 saturated heterocycles. The van der Waals surface area contributed by atoms with Crippen LogP contribution in [0.25, 0.3) is 11.0 Å². The van der Waals surface area contributed by atoms with E-state index >= 15 is 0 Å². The topological polar surface area (TPSA) is 93.2 Å². The van der Waals surface area contributed by atoms with Crippen LogP contribution < -0.4 is 15.4 Å². The number of hydrogen-bond acceptors (Lipinski definition) is 6. The molecule has 0 saturated carbocycles. The van der Waals surface area contributed by atoms with Crippen molar-refractivity contribution in [3.63, 3.8) is 0 Å². The SMILES string of the molecule is O=C(COc1ccc(NC(=O)c2ccccc2Cl)cc1)Nc1cccc2nsnc12. The number of amides is 2. The quantitative estimate of drug-likeness (QED) is 0.458. The number of hydrogen-bond donors (Lipinski definition) is 2. The Kier molecular flexibility index (Phi) is 5.87. The van der Waals surface area contributed by atoms with Crippen LogP contribution in [0.3, 0.4) is 0 Å². The molecule has 1 heterocycles. The molecule has 4 aromatic rings. The molecule has 0 aliphatic heterocycles. The fourth-order valence-corrected chi connectivity index (χ4v) is 3.49. The summed E-state index contributed by atoms with van der Waals surface area (Å²) in [4.78, 5) is 24.5. The minimum Gasteiger partial charge on any atom is -0.484 e. The lowest BCUT2D eigenvalue weighted by Gasteiger charge is -2.09. The Balaban J connectivity index is 1.32. The third-order valence-corrected chi connectivity index (χ3v) is 5.03. The van der Waals surface area contributed by atoms with E-state index in [4.69, 9.17) is 16.3 Å². The number of anilines is 2. The van der Waals surface area contributed by atoms with Crippen molar-refractivity contribution in [2.45, 2.75) is 0 Å². The molecule has 0 bridgehead atoms. The van der Waals surface area contributed by atoms with E-state index < -0.39 is 0 Å². The van der Waals surface area contributed by atoms with Gasteiger partial charge in [-0.3, -0.25) is 9.59 Å². The third-order valence-electron chi connectivity index (χ3n) is 4.16. The Morgan fingerprint density at radius 2 is 1.73 bits per heavy atom. The molecule has 7 nitrogen and oxygen atoms in total. The zero-order chi connectivity index (χ0) is 20.9. The summed E-state index contributed by atoms with van der Waals surface area (Å²) in [7, 11) is 0. The number of fused-ring (bicyclic) bond motifs is 1. The largest absolute Gasteiger partial charge is 0.484 e. The van der Waals surface area contributed by atoms with Crippen LogP contribution in [0, 0.1) is 0 Å². The van der Waals surface area contributed by atoms with Crippen LogP contribution >= 0.6 is 23.3 Å². The fourth-order valence-electron chi connectivity index (χ4n) is 2.72. The molecule has 150 valence electrons. The second-order valence-electron chi connectivity index (χ2n) is 6.23. The van der Waals surface area contributed by atoms with Crippen molar-refractivity contribution in [1.82, 2.24) is 8.75 Å². The van der Waals surface area contributed by atoms with Gasteiger partial charge in [-0.1, -0.05) is 29.8 Å². The second kappa shape index (κ2) is 8.89. The monoisotopic (exact) mass is 438 g/mol. The van der Waals surface area contributed by atoms with Gasteiger partial charge in [0.15, 0.2) is 6.61 Å². The third kappa shape index (κ3) is 4.56. The Hall–Kier alpha value is -3.49. The zero-order valence-corrected chi connectivity index (χ0v) is 17.0. The van der Waals surface area contributed by atoms with Gasteiger partial charge >= 0.3 is 0 Å². The molecule has 0 radical (unpaired) electrons. The molecule has 0 spiro atoms. The first-order chi connectivity index (χ1) is 14.6. The Morgan fingerprint density at radius 3 is 2.53 bits per heavy atom. The number of ether oxygens (including phenoxy) is 1. The van der Waals surface area contributed by atoms with E-state index in [1.165, 1.54) is 0 Å². The summed E-state index contributed by atoms with van der Waals surface area (Å²) in [6, 6.07) is 18.9. The smallest absolute Gasteiger partial charge is 0.262 e. The summed E-state index contributed by atoms with van der Waals surface area (Å²) in [5.74, 6) is -0.125. The first-order valence-corrected chi connectivity index (χ1v) is 10.0. The Labute approximate surface area is 181 Å². The molecule has 1 aromatic heterocycles. The fraction of sp³-hybridized carbons (Fsp3) is 0.0476. The summed E-state index contributed by atoms with van der Waals surface area (Å²) >= 11 is 7.13. The summed E-state index contributed by atoms with van der Waals surface area (Å²) in [5, 5.41) is 5.92. The number of carbonyl (C=O) groups is 2. The van der Waals surface area contributed by atoms with E-state index in [1.54, 1.807) is 60.7 Å². The molecule has 2 amide bonds. The Morgan fingerprint density at radius 1 is 0.933 bits per heavy atom. The van der Waals surface area contributed by atoms with E-state index in [1.807, 2.05) is 6.07 Å². The van der Waals surface area contributed by atoms with Crippen LogP contribution in [0.1, 0.15) is 10.4 Å². The van der Waals surface area contributed by atoms with E-state index in [9.17, 15) is 9.59 Å². The van der Waals surface area contributed by atoms with Crippen molar-refractivity contribution < 1.29 is 14.3 Å². The molecule has 3 aromatic carbocycles. The van der Waals surface area contributed by atoms with Crippen molar-refractivity contribution in [3.8, 4) is 5.75 Å². The first-order valence-electron chi connectivity index (χ1n) is 8.90. The lowest BCUT2D eigenvalue weighted by Crippen LogP contribution is -2.20. The number of halogens is 1. The van der Waals surface area contributed by atoms with Gasteiger partial charge in [-0.25, -0.2) is 0 Å². The summed E-state index contributed by atoms with van der Waals surface area (Å²) < 4.78 is 13.8. The van der Waals surface area contributed by atoms with E-state index in [-0.39, 0.29) is 18.4 Å². The summed E-state index contributed by atoms with van der Waals surface area (Å²) in [5.41, 5.74) is 2.94. The number of carbonyl (C=O) groups excluding carboxylic acids is 2. The van der Waals surface area contributed by atoms with E-state index in [2.05, 4.69) is 19.4 Å². The molecule has 0 aliphatic rings. The lowest BCUT2D eigenvalue weighted by molar-refractivity contribution is -0.118. The average molecular weight is 439 g/mol. The van der Waals surface area contributed by atoms with Crippen molar-refractivity contribution in [2.24, 2.45) is 0 Å². The maximum atomic E-state index is 12.3. The molecule has 0 unspecified atom stereocenters. The average Bonchev–Trinajstić information content (AvgIpc) is 3.23. The maximum absolute atomic E-state index is 12.3. The highest BCUT2D eigenvalue weighted by Crippen LogP contribution is 2.22. The van der Waals surface area contributed by atoms with Crippen molar-refractivity contribution in [2.75, 3.05) is 17.2 Å². The van der Waals surface area contributed by atoms with Gasteiger partial charge < -0.3 is 15.4 Å². The van der Waals surface area contributed by atoms with Crippen LogP contribution in [0.5, 0.6) is 5.75 Å². The van der Waals surface area contributed by atoms with Gasteiger partial charge in [0, 0.05) is 5.69 Å². The van der Waals surface area contributed by atoms with Gasteiger partial charge in [-0.05, 0) is 48.5 Å². The molecule has 0 aliphatic carbocycles. The number of rotatable bonds is 6. The van der Waals surface area contributed by atoms with Crippen molar-refractivity contribution >= 4 is 57.6 Å². The maximum Gasteiger partial charge on any atom is 0.262 e. The van der Waals surface area contributed by atoms with E-state index in [0.717, 1.165) is 17.2 Å². The highest BCUT2D eigenvalue weighted by Gasteiger charge is 2.11. The van der Waals surface area contributed by atoms with Gasteiger partial charge in [-0.15, -0.1) is 0 Å². The van der Waals surface area contributed by atoms with Crippen LogP contribution in [0.15, 0.2) is 66.7 Å². The second-order valence-corrected chi connectivity index (χ2v) is 7.17. The van der Waals surface area contributed by atoms with Gasteiger partial charge in [0.25, 0.3) is 11.8 Å². The van der Waals surface area contributed by atoms with Crippen LogP contribution in [-0.2, 0) is 4.79 Å². The predicted octanol–water partition coefficient (Wildman–Crippen LogP) is 4.61. The standard InChI is InChI=1S/C21H15ClN4O3S/c22-16-5-2-1-4-15(16)21(28)23-13-8-10-14(11-9-13)29-12-19(27)24-17-6-3-7-18-20(17)26-30-25-18/h1-11H,12H2,(H,23,28)(H,24,27). The van der Waals surface area contributed by atoms with Gasteiger partial charge in [0.1, 0.15) is 16.8 Å². The normalized spacial score (nSPS) is 10.6. The Bertz CT molecular complexity index is 1210. The van der Waals surface area contributed by atoms with Gasteiger partial charge in [0.2, 0.25) is 0 Å². The molecule has 0 fully saturated rings. The van der Waals surface area contributed by atoms with Crippen LogP contribution in [0.2, 0.25) is 5.02 Å². The summed E-state index contributed by atoms with van der Waals surface area (Å²) in [6.45, 7) is -0.167. The zero-order valence-electron chi connectivity index (χ0n) is 15.5. The summed E-state index contributed by atoms with van der Waals surface area (Å²) in [6.07, 6.45) is 0. The van der Waals surface area contributed by atoms with Crippen LogP contribution in [-0.4, -0.2) is 27.2 Å². The van der Waals surface area contributed by atoms with Crippen LogP contribution in [0.4, 0.5) is 11.4 Å². The molecule has 2 N–H and O–H groups in total. The first kappa shape index (κ1) is 19.8. The number of nitrogens with zero attached hydrogens (tertiary/aromatic N) is 2. The van der Waals surface area contributed by atoms with Crippen molar-refractivity contribution in [3.05, 3.63) is 77.3 Å².